The summed E-state index contributed by atoms with van der Waals surface area (Å²) in [5.74, 6) is 0.840. The highest BCUT2D eigenvalue weighted by Gasteiger charge is 2.24. The first-order valence-corrected chi connectivity index (χ1v) is 9.76. The van der Waals surface area contributed by atoms with Crippen LogP contribution in [0.1, 0.15) is 43.7 Å². The molecule has 1 saturated heterocycles. The zero-order valence-corrected chi connectivity index (χ0v) is 15.7. The first kappa shape index (κ1) is 19.0. The second kappa shape index (κ2) is 9.78. The van der Waals surface area contributed by atoms with Crippen molar-refractivity contribution in [1.29, 1.82) is 0 Å². The van der Waals surface area contributed by atoms with Gasteiger partial charge in [0.15, 0.2) is 0 Å². The third-order valence-corrected chi connectivity index (χ3v) is 5.36. The van der Waals surface area contributed by atoms with Gasteiger partial charge < -0.3 is 20.1 Å². The Morgan fingerprint density at radius 3 is 2.77 bits per heavy atom. The van der Waals surface area contributed by atoms with Crippen LogP contribution in [0, 0.1) is 0 Å². The molecule has 26 heavy (non-hydrogen) atoms. The molecule has 2 amide bonds. The number of hydrogen-bond donors (Lipinski definition) is 2. The van der Waals surface area contributed by atoms with Gasteiger partial charge in [-0.2, -0.15) is 0 Å². The van der Waals surface area contributed by atoms with Crippen LogP contribution >= 0.6 is 0 Å². The van der Waals surface area contributed by atoms with Gasteiger partial charge in [-0.25, -0.2) is 4.79 Å². The zero-order chi connectivity index (χ0) is 18.2. The maximum Gasteiger partial charge on any atom is 0.315 e. The largest absolute Gasteiger partial charge is 0.497 e. The summed E-state index contributed by atoms with van der Waals surface area (Å²) < 4.78 is 10.9. The van der Waals surface area contributed by atoms with E-state index in [0.29, 0.717) is 12.6 Å². The van der Waals surface area contributed by atoms with Crippen LogP contribution in [-0.4, -0.2) is 56.9 Å². The van der Waals surface area contributed by atoms with Crippen molar-refractivity contribution in [3.05, 3.63) is 29.8 Å². The first-order chi connectivity index (χ1) is 12.8. The normalized spacial score (nSPS) is 20.3. The summed E-state index contributed by atoms with van der Waals surface area (Å²) in [7, 11) is 1.68. The molecule has 1 aliphatic carbocycles. The summed E-state index contributed by atoms with van der Waals surface area (Å²) in [6, 6.07) is 8.49. The van der Waals surface area contributed by atoms with Gasteiger partial charge in [-0.05, 0) is 30.5 Å². The van der Waals surface area contributed by atoms with Gasteiger partial charge in [-0.1, -0.05) is 31.4 Å². The number of nitrogens with one attached hydrogen (secondary N) is 2. The molecule has 0 aromatic heterocycles. The number of urea groups is 1. The highest BCUT2D eigenvalue weighted by molar-refractivity contribution is 5.74. The Hall–Kier alpha value is -1.79. The van der Waals surface area contributed by atoms with E-state index in [1.54, 1.807) is 7.11 Å². The van der Waals surface area contributed by atoms with Crippen LogP contribution in [-0.2, 0) is 4.74 Å². The monoisotopic (exact) mass is 361 g/mol. The number of carbonyl (C=O) groups excluding carboxylic acids is 1. The molecule has 1 atom stereocenters. The summed E-state index contributed by atoms with van der Waals surface area (Å²) in [5, 5.41) is 6.22. The molecule has 1 aliphatic heterocycles. The van der Waals surface area contributed by atoms with Gasteiger partial charge in [0, 0.05) is 25.7 Å². The van der Waals surface area contributed by atoms with E-state index in [1.807, 2.05) is 12.1 Å². The molecule has 2 fully saturated rings. The Balaban J connectivity index is 1.62. The third-order valence-electron chi connectivity index (χ3n) is 5.36. The molecule has 1 aromatic carbocycles. The van der Waals surface area contributed by atoms with Crippen LogP contribution in [0.2, 0.25) is 0 Å². The number of methoxy groups -OCH3 is 1. The van der Waals surface area contributed by atoms with Crippen LogP contribution in [0.15, 0.2) is 24.3 Å². The number of amides is 2. The Morgan fingerprint density at radius 2 is 2.04 bits per heavy atom. The molecule has 0 radical (unpaired) electrons. The van der Waals surface area contributed by atoms with Crippen LogP contribution in [0.25, 0.3) is 0 Å². The topological polar surface area (TPSA) is 62.8 Å². The summed E-state index contributed by atoms with van der Waals surface area (Å²) >= 11 is 0. The van der Waals surface area contributed by atoms with Gasteiger partial charge in [0.25, 0.3) is 0 Å². The number of carbonyl (C=O) groups is 1. The molecule has 6 nitrogen and oxygen atoms in total. The molecule has 0 unspecified atom stereocenters. The van der Waals surface area contributed by atoms with E-state index in [0.717, 1.165) is 50.5 Å². The third kappa shape index (κ3) is 5.35. The van der Waals surface area contributed by atoms with Crippen molar-refractivity contribution in [2.45, 2.75) is 44.2 Å². The lowest BCUT2D eigenvalue weighted by atomic mass is 9.96. The van der Waals surface area contributed by atoms with E-state index >= 15 is 0 Å². The summed E-state index contributed by atoms with van der Waals surface area (Å²) in [4.78, 5) is 14.7. The molecule has 144 valence electrons. The molecule has 1 aromatic rings. The van der Waals surface area contributed by atoms with E-state index < -0.39 is 0 Å². The summed E-state index contributed by atoms with van der Waals surface area (Å²) in [6.07, 6.45) is 5.90. The SMILES string of the molecule is COc1cccc([C@@H](CNC(=O)NC2CCCCC2)N2CCOCC2)c1. The van der Waals surface area contributed by atoms with Crippen molar-refractivity contribution >= 4 is 6.03 Å². The van der Waals surface area contributed by atoms with Crippen LogP contribution in [0.3, 0.4) is 0 Å². The number of hydrogen-bond acceptors (Lipinski definition) is 4. The number of ether oxygens (including phenoxy) is 2. The van der Waals surface area contributed by atoms with Crippen molar-refractivity contribution in [3.63, 3.8) is 0 Å². The van der Waals surface area contributed by atoms with E-state index in [-0.39, 0.29) is 12.1 Å². The minimum Gasteiger partial charge on any atom is -0.497 e. The molecule has 2 N–H and O–H groups in total. The van der Waals surface area contributed by atoms with E-state index in [2.05, 4.69) is 27.7 Å². The fourth-order valence-corrected chi connectivity index (χ4v) is 3.87. The predicted molar refractivity (Wildman–Crippen MR) is 102 cm³/mol. The van der Waals surface area contributed by atoms with Crippen molar-refractivity contribution in [3.8, 4) is 5.75 Å². The average molecular weight is 361 g/mol. The predicted octanol–water partition coefficient (Wildman–Crippen LogP) is 2.70. The van der Waals surface area contributed by atoms with E-state index in [4.69, 9.17) is 9.47 Å². The highest BCUT2D eigenvalue weighted by Crippen LogP contribution is 2.25. The van der Waals surface area contributed by atoms with Crippen molar-refractivity contribution < 1.29 is 14.3 Å². The Bertz CT molecular complexity index is 569. The molecule has 6 heteroatoms. The van der Waals surface area contributed by atoms with Gasteiger partial charge >= 0.3 is 6.03 Å². The zero-order valence-electron chi connectivity index (χ0n) is 15.7. The molecule has 1 saturated carbocycles. The van der Waals surface area contributed by atoms with Gasteiger partial charge in [0.1, 0.15) is 5.75 Å². The number of benzene rings is 1. The molecule has 0 bridgehead atoms. The summed E-state index contributed by atoms with van der Waals surface area (Å²) in [6.45, 7) is 3.77. The van der Waals surface area contributed by atoms with Gasteiger partial charge in [0.2, 0.25) is 0 Å². The Morgan fingerprint density at radius 1 is 1.27 bits per heavy atom. The molecule has 0 spiro atoms. The maximum absolute atomic E-state index is 12.4. The smallest absolute Gasteiger partial charge is 0.315 e. The molecule has 1 heterocycles. The Labute approximate surface area is 156 Å². The van der Waals surface area contributed by atoms with Crippen molar-refractivity contribution in [2.24, 2.45) is 0 Å². The lowest BCUT2D eigenvalue weighted by molar-refractivity contribution is 0.0166. The first-order valence-electron chi connectivity index (χ1n) is 9.76. The standard InChI is InChI=1S/C20H31N3O3/c1-25-18-9-5-6-16(14-18)19(23-10-12-26-13-11-23)15-21-20(24)22-17-7-3-2-4-8-17/h5-6,9,14,17,19H,2-4,7-8,10-13,15H2,1H3,(H2,21,22,24)/t19-/m1/s1. The van der Waals surface area contributed by atoms with Crippen LogP contribution in [0.4, 0.5) is 4.79 Å². The molecular formula is C20H31N3O3. The fourth-order valence-electron chi connectivity index (χ4n) is 3.87. The maximum atomic E-state index is 12.4. The minimum absolute atomic E-state index is 0.0574. The summed E-state index contributed by atoms with van der Waals surface area (Å²) in [5.41, 5.74) is 1.16. The van der Waals surface area contributed by atoms with Crippen LogP contribution < -0.4 is 15.4 Å². The number of rotatable bonds is 6. The van der Waals surface area contributed by atoms with Gasteiger partial charge in [0.05, 0.1) is 26.4 Å². The second-order valence-corrected chi connectivity index (χ2v) is 7.13. The van der Waals surface area contributed by atoms with Crippen LogP contribution in [0.5, 0.6) is 5.75 Å². The molecular weight excluding hydrogens is 330 g/mol. The van der Waals surface area contributed by atoms with Gasteiger partial charge in [-0.3, -0.25) is 4.90 Å². The van der Waals surface area contributed by atoms with Gasteiger partial charge in [-0.15, -0.1) is 0 Å². The second-order valence-electron chi connectivity index (χ2n) is 7.13. The Kier molecular flexibility index (Phi) is 7.14. The molecule has 3 rings (SSSR count). The number of morpholine rings is 1. The van der Waals surface area contributed by atoms with Crippen molar-refractivity contribution in [2.75, 3.05) is 40.0 Å². The molecule has 2 aliphatic rings. The fraction of sp³-hybridized carbons (Fsp3) is 0.650. The average Bonchev–Trinajstić information content (AvgIpc) is 2.70. The minimum atomic E-state index is -0.0574. The quantitative estimate of drug-likeness (QED) is 0.818. The lowest BCUT2D eigenvalue weighted by Gasteiger charge is -2.35. The lowest BCUT2D eigenvalue weighted by Crippen LogP contribution is -2.47. The highest BCUT2D eigenvalue weighted by atomic mass is 16.5. The van der Waals surface area contributed by atoms with E-state index in [1.165, 1.54) is 19.3 Å². The number of nitrogens with zero attached hydrogens (tertiary/aromatic N) is 1. The van der Waals surface area contributed by atoms with E-state index in [9.17, 15) is 4.79 Å². The van der Waals surface area contributed by atoms with Crippen molar-refractivity contribution in [1.82, 2.24) is 15.5 Å².